The molecular formula is C37H23N3O. The number of aromatic nitrogens is 3. The fourth-order valence-electron chi connectivity index (χ4n) is 5.59. The second kappa shape index (κ2) is 9.54. The molecule has 0 aliphatic rings. The van der Waals surface area contributed by atoms with Gasteiger partial charge in [-0.15, -0.1) is 0 Å². The van der Waals surface area contributed by atoms with E-state index in [-0.39, 0.29) is 0 Å². The van der Waals surface area contributed by atoms with Gasteiger partial charge in [-0.05, 0) is 46.2 Å². The van der Waals surface area contributed by atoms with Crippen molar-refractivity contribution in [3.8, 4) is 45.3 Å². The SMILES string of the molecule is c1ccc(-c2nc(-c3ccc4oc5cccc(-c6ccccc6)c5c4c3)nc(-c3cccc4ccccc34)n2)cc1. The summed E-state index contributed by atoms with van der Waals surface area (Å²) in [6.07, 6.45) is 0. The molecule has 8 rings (SSSR count). The number of fused-ring (bicyclic) bond motifs is 4. The van der Waals surface area contributed by atoms with Crippen LogP contribution in [0.1, 0.15) is 0 Å². The number of hydrogen-bond donors (Lipinski definition) is 0. The van der Waals surface area contributed by atoms with Gasteiger partial charge in [0.15, 0.2) is 17.5 Å². The highest BCUT2D eigenvalue weighted by atomic mass is 16.3. The lowest BCUT2D eigenvalue weighted by atomic mass is 9.99. The van der Waals surface area contributed by atoms with Gasteiger partial charge in [0.25, 0.3) is 0 Å². The van der Waals surface area contributed by atoms with Crippen LogP contribution in [0.15, 0.2) is 144 Å². The Bertz CT molecular complexity index is 2200. The molecule has 0 atom stereocenters. The molecule has 4 nitrogen and oxygen atoms in total. The Morgan fingerprint density at radius 1 is 0.390 bits per heavy atom. The lowest BCUT2D eigenvalue weighted by molar-refractivity contribution is 0.669. The molecule has 0 aliphatic heterocycles. The van der Waals surface area contributed by atoms with Crippen molar-refractivity contribution in [1.29, 1.82) is 0 Å². The number of furan rings is 1. The molecule has 0 radical (unpaired) electrons. The molecule has 0 unspecified atom stereocenters. The van der Waals surface area contributed by atoms with Gasteiger partial charge in [0.2, 0.25) is 0 Å². The Balaban J connectivity index is 1.37. The van der Waals surface area contributed by atoms with E-state index >= 15 is 0 Å². The van der Waals surface area contributed by atoms with E-state index in [0.717, 1.165) is 60.5 Å². The Morgan fingerprint density at radius 2 is 1.02 bits per heavy atom. The summed E-state index contributed by atoms with van der Waals surface area (Å²) >= 11 is 0. The van der Waals surface area contributed by atoms with Gasteiger partial charge in [0, 0.05) is 27.5 Å². The maximum atomic E-state index is 6.29. The van der Waals surface area contributed by atoms with Crippen LogP contribution < -0.4 is 0 Å². The second-order valence-electron chi connectivity index (χ2n) is 10.1. The minimum absolute atomic E-state index is 0.621. The van der Waals surface area contributed by atoms with Crippen molar-refractivity contribution in [2.45, 2.75) is 0 Å². The third kappa shape index (κ3) is 4.05. The van der Waals surface area contributed by atoms with Gasteiger partial charge in [-0.2, -0.15) is 0 Å². The average molecular weight is 526 g/mol. The Morgan fingerprint density at radius 3 is 1.85 bits per heavy atom. The van der Waals surface area contributed by atoms with E-state index in [4.69, 9.17) is 19.4 Å². The molecule has 6 aromatic carbocycles. The molecule has 0 saturated carbocycles. The number of hydrogen-bond acceptors (Lipinski definition) is 4. The van der Waals surface area contributed by atoms with Gasteiger partial charge in [0.05, 0.1) is 0 Å². The number of rotatable bonds is 4. The molecule has 0 saturated heterocycles. The quantitative estimate of drug-likeness (QED) is 0.230. The van der Waals surface area contributed by atoms with Crippen LogP contribution in [-0.2, 0) is 0 Å². The van der Waals surface area contributed by atoms with Crippen LogP contribution in [-0.4, -0.2) is 15.0 Å². The van der Waals surface area contributed by atoms with Crippen molar-refractivity contribution >= 4 is 32.7 Å². The minimum atomic E-state index is 0.621. The van der Waals surface area contributed by atoms with Gasteiger partial charge in [0.1, 0.15) is 11.2 Å². The molecule has 0 amide bonds. The van der Waals surface area contributed by atoms with Gasteiger partial charge < -0.3 is 4.42 Å². The Kier molecular flexibility index (Phi) is 5.42. The minimum Gasteiger partial charge on any atom is -0.456 e. The first-order valence-corrected chi connectivity index (χ1v) is 13.6. The lowest BCUT2D eigenvalue weighted by Crippen LogP contribution is -2.00. The Labute approximate surface area is 236 Å². The number of nitrogens with zero attached hydrogens (tertiary/aromatic N) is 3. The Hall–Kier alpha value is -5.61. The summed E-state index contributed by atoms with van der Waals surface area (Å²) in [7, 11) is 0. The summed E-state index contributed by atoms with van der Waals surface area (Å²) in [4.78, 5) is 15.0. The predicted octanol–water partition coefficient (Wildman–Crippen LogP) is 9.59. The summed E-state index contributed by atoms with van der Waals surface area (Å²) in [5.74, 6) is 1.91. The van der Waals surface area contributed by atoms with Crippen LogP contribution in [0.3, 0.4) is 0 Å². The normalized spacial score (nSPS) is 11.4. The maximum Gasteiger partial charge on any atom is 0.164 e. The molecule has 4 heteroatoms. The van der Waals surface area contributed by atoms with Crippen LogP contribution >= 0.6 is 0 Å². The molecule has 41 heavy (non-hydrogen) atoms. The smallest absolute Gasteiger partial charge is 0.164 e. The first-order chi connectivity index (χ1) is 20.3. The van der Waals surface area contributed by atoms with Gasteiger partial charge in [-0.3, -0.25) is 0 Å². The monoisotopic (exact) mass is 525 g/mol. The highest BCUT2D eigenvalue weighted by Gasteiger charge is 2.17. The largest absolute Gasteiger partial charge is 0.456 e. The summed E-state index contributed by atoms with van der Waals surface area (Å²) < 4.78 is 6.29. The molecule has 192 valence electrons. The van der Waals surface area contributed by atoms with Crippen molar-refractivity contribution < 1.29 is 4.42 Å². The fraction of sp³-hybridized carbons (Fsp3) is 0. The maximum absolute atomic E-state index is 6.29. The molecule has 8 aromatic rings. The van der Waals surface area contributed by atoms with Gasteiger partial charge in [-0.25, -0.2) is 15.0 Å². The summed E-state index contributed by atoms with van der Waals surface area (Å²) in [5.41, 5.74) is 6.80. The third-order valence-corrected chi connectivity index (χ3v) is 7.54. The van der Waals surface area contributed by atoms with Crippen LogP contribution in [0.5, 0.6) is 0 Å². The molecule has 0 N–H and O–H groups in total. The molecule has 0 spiro atoms. The molecule has 2 heterocycles. The lowest BCUT2D eigenvalue weighted by Gasteiger charge is -2.10. The van der Waals surface area contributed by atoms with Crippen molar-refractivity contribution in [3.63, 3.8) is 0 Å². The standard InChI is InChI=1S/C37H23N3O/c1-3-11-25(12-4-1)29-18-10-20-33-34(29)31-23-27(21-22-32(31)41-33)36-38-35(26-14-5-2-6-15-26)39-37(40-36)30-19-9-16-24-13-7-8-17-28(24)30/h1-23H. The van der Waals surface area contributed by atoms with Crippen molar-refractivity contribution in [1.82, 2.24) is 15.0 Å². The zero-order valence-corrected chi connectivity index (χ0v) is 22.0. The molecule has 0 aliphatic carbocycles. The first kappa shape index (κ1) is 23.3. The van der Waals surface area contributed by atoms with Gasteiger partial charge >= 0.3 is 0 Å². The predicted molar refractivity (Wildman–Crippen MR) is 166 cm³/mol. The average Bonchev–Trinajstić information content (AvgIpc) is 3.43. The van der Waals surface area contributed by atoms with E-state index in [0.29, 0.717) is 17.5 Å². The second-order valence-corrected chi connectivity index (χ2v) is 10.1. The van der Waals surface area contributed by atoms with Crippen LogP contribution in [0.4, 0.5) is 0 Å². The van der Waals surface area contributed by atoms with E-state index in [1.807, 2.05) is 66.7 Å². The molecular weight excluding hydrogens is 502 g/mol. The van der Waals surface area contributed by atoms with E-state index < -0.39 is 0 Å². The highest BCUT2D eigenvalue weighted by molar-refractivity contribution is 6.13. The van der Waals surface area contributed by atoms with E-state index in [1.54, 1.807) is 0 Å². The van der Waals surface area contributed by atoms with Crippen LogP contribution in [0, 0.1) is 0 Å². The summed E-state index contributed by atoms with van der Waals surface area (Å²) in [6, 6.07) is 47.5. The molecule has 2 aromatic heterocycles. The fourth-order valence-corrected chi connectivity index (χ4v) is 5.59. The summed E-state index contributed by atoms with van der Waals surface area (Å²) in [5, 5.41) is 4.37. The number of benzene rings is 6. The summed E-state index contributed by atoms with van der Waals surface area (Å²) in [6.45, 7) is 0. The molecule has 0 fully saturated rings. The zero-order chi connectivity index (χ0) is 27.2. The van der Waals surface area contributed by atoms with Crippen LogP contribution in [0.2, 0.25) is 0 Å². The van der Waals surface area contributed by atoms with E-state index in [1.165, 1.54) is 0 Å². The topological polar surface area (TPSA) is 51.8 Å². The highest BCUT2D eigenvalue weighted by Crippen LogP contribution is 2.38. The van der Waals surface area contributed by atoms with Gasteiger partial charge in [-0.1, -0.05) is 115 Å². The van der Waals surface area contributed by atoms with Crippen LogP contribution in [0.25, 0.3) is 78.0 Å². The van der Waals surface area contributed by atoms with E-state index in [9.17, 15) is 0 Å². The van der Waals surface area contributed by atoms with E-state index in [2.05, 4.69) is 72.8 Å². The van der Waals surface area contributed by atoms with Crippen molar-refractivity contribution in [2.75, 3.05) is 0 Å². The van der Waals surface area contributed by atoms with Crippen molar-refractivity contribution in [3.05, 3.63) is 140 Å². The van der Waals surface area contributed by atoms with Crippen molar-refractivity contribution in [2.24, 2.45) is 0 Å². The third-order valence-electron chi connectivity index (χ3n) is 7.54. The molecule has 0 bridgehead atoms. The first-order valence-electron chi connectivity index (χ1n) is 13.6. The zero-order valence-electron chi connectivity index (χ0n) is 22.0.